The minimum atomic E-state index is -0.433. The molecule has 0 heterocycles. The van der Waals surface area contributed by atoms with Crippen molar-refractivity contribution in [2.24, 2.45) is 5.10 Å². The number of amides is 1. The van der Waals surface area contributed by atoms with Gasteiger partial charge in [0.15, 0.2) is 6.61 Å². The van der Waals surface area contributed by atoms with Gasteiger partial charge in [-0.1, -0.05) is 29.3 Å². The van der Waals surface area contributed by atoms with Crippen LogP contribution >= 0.6 is 23.2 Å². The summed E-state index contributed by atoms with van der Waals surface area (Å²) < 4.78 is 5.39. The minimum absolute atomic E-state index is 0.105. The molecule has 5 nitrogen and oxygen atoms in total. The molecule has 0 aromatic heterocycles. The highest BCUT2D eigenvalue weighted by molar-refractivity contribution is 6.36. The summed E-state index contributed by atoms with van der Waals surface area (Å²) >= 11 is 11.6. The molecule has 0 atom stereocenters. The van der Waals surface area contributed by atoms with E-state index in [0.717, 1.165) is 11.1 Å². The van der Waals surface area contributed by atoms with Gasteiger partial charge in [0.1, 0.15) is 11.5 Å². The maximum absolute atomic E-state index is 11.7. The molecule has 0 unspecified atom stereocenters. The van der Waals surface area contributed by atoms with Crippen molar-refractivity contribution in [3.63, 3.8) is 0 Å². The fourth-order valence-corrected chi connectivity index (χ4v) is 2.35. The van der Waals surface area contributed by atoms with Crippen molar-refractivity contribution in [2.75, 3.05) is 6.61 Å². The Balaban J connectivity index is 1.90. The second-order valence-electron chi connectivity index (χ2n) is 5.15. The number of ether oxygens (including phenoxy) is 1. The Labute approximate surface area is 149 Å². The number of phenols is 1. The minimum Gasteiger partial charge on any atom is -0.506 e. The SMILES string of the molecule is Cc1ccc(OCC(=O)NN=Cc2cc(Cl)cc(Cl)c2O)cc1C. The molecule has 2 rings (SSSR count). The first kappa shape index (κ1) is 18.1. The molecule has 126 valence electrons. The zero-order valence-electron chi connectivity index (χ0n) is 13.1. The van der Waals surface area contributed by atoms with Crippen molar-refractivity contribution in [3.8, 4) is 11.5 Å². The summed E-state index contributed by atoms with van der Waals surface area (Å²) in [6.45, 7) is 3.79. The maximum atomic E-state index is 11.7. The lowest BCUT2D eigenvalue weighted by Gasteiger charge is -2.07. The van der Waals surface area contributed by atoms with Crippen molar-refractivity contribution in [2.45, 2.75) is 13.8 Å². The molecule has 0 aliphatic rings. The van der Waals surface area contributed by atoms with E-state index in [1.165, 1.54) is 18.3 Å². The number of carbonyl (C=O) groups excluding carboxylic acids is 1. The number of carbonyl (C=O) groups is 1. The van der Waals surface area contributed by atoms with E-state index in [0.29, 0.717) is 16.3 Å². The number of aromatic hydroxyl groups is 1. The molecule has 1 amide bonds. The number of halogens is 2. The van der Waals surface area contributed by atoms with E-state index in [1.807, 2.05) is 26.0 Å². The summed E-state index contributed by atoms with van der Waals surface area (Å²) in [7, 11) is 0. The van der Waals surface area contributed by atoms with Crippen molar-refractivity contribution < 1.29 is 14.6 Å². The second-order valence-corrected chi connectivity index (χ2v) is 6.00. The van der Waals surface area contributed by atoms with Gasteiger partial charge in [-0.2, -0.15) is 5.10 Å². The summed E-state index contributed by atoms with van der Waals surface area (Å²) in [4.78, 5) is 11.7. The standard InChI is InChI=1S/C17H16Cl2N2O3/c1-10-3-4-14(5-11(10)2)24-9-16(22)21-20-8-12-6-13(18)7-15(19)17(12)23/h3-8,23H,9H2,1-2H3,(H,21,22). The molecular formula is C17H16Cl2N2O3. The molecule has 0 bridgehead atoms. The van der Waals surface area contributed by atoms with Gasteiger partial charge in [0, 0.05) is 10.6 Å². The van der Waals surface area contributed by atoms with Crippen LogP contribution in [0.3, 0.4) is 0 Å². The van der Waals surface area contributed by atoms with E-state index < -0.39 is 5.91 Å². The quantitative estimate of drug-likeness (QED) is 0.623. The summed E-state index contributed by atoms with van der Waals surface area (Å²) in [5.41, 5.74) is 4.83. The lowest BCUT2D eigenvalue weighted by Crippen LogP contribution is -2.24. The van der Waals surface area contributed by atoms with Crippen LogP contribution in [0.15, 0.2) is 35.4 Å². The smallest absolute Gasteiger partial charge is 0.277 e. The maximum Gasteiger partial charge on any atom is 0.277 e. The molecule has 0 aliphatic heterocycles. The van der Waals surface area contributed by atoms with E-state index in [4.69, 9.17) is 27.9 Å². The summed E-state index contributed by atoms with van der Waals surface area (Å²) in [6.07, 6.45) is 1.25. The van der Waals surface area contributed by atoms with Crippen molar-refractivity contribution in [1.29, 1.82) is 0 Å². The number of hydrogen-bond donors (Lipinski definition) is 2. The first-order valence-corrected chi connectivity index (χ1v) is 7.82. The zero-order valence-corrected chi connectivity index (χ0v) is 14.6. The van der Waals surface area contributed by atoms with Crippen LogP contribution in [0.2, 0.25) is 10.0 Å². The van der Waals surface area contributed by atoms with E-state index in [-0.39, 0.29) is 17.4 Å². The molecule has 7 heteroatoms. The predicted molar refractivity (Wildman–Crippen MR) is 95.3 cm³/mol. The van der Waals surface area contributed by atoms with Crippen LogP contribution in [0.5, 0.6) is 11.5 Å². The van der Waals surface area contributed by atoms with E-state index in [1.54, 1.807) is 6.07 Å². The highest BCUT2D eigenvalue weighted by Gasteiger charge is 2.06. The largest absolute Gasteiger partial charge is 0.506 e. The second kappa shape index (κ2) is 8.04. The topological polar surface area (TPSA) is 70.9 Å². The fourth-order valence-electron chi connectivity index (χ4n) is 1.84. The first-order chi connectivity index (χ1) is 11.4. The number of nitrogens with one attached hydrogen (secondary N) is 1. The number of phenolic OH excluding ortho intramolecular Hbond substituents is 1. The predicted octanol–water partition coefficient (Wildman–Crippen LogP) is 3.84. The summed E-state index contributed by atoms with van der Waals surface area (Å²) in [5.74, 6) is 0.0130. The summed E-state index contributed by atoms with van der Waals surface area (Å²) in [6, 6.07) is 8.46. The number of benzene rings is 2. The Hall–Kier alpha value is -2.24. The lowest BCUT2D eigenvalue weighted by molar-refractivity contribution is -0.123. The molecular weight excluding hydrogens is 351 g/mol. The molecule has 0 spiro atoms. The van der Waals surface area contributed by atoms with E-state index in [9.17, 15) is 9.90 Å². The van der Waals surface area contributed by atoms with Crippen LogP contribution < -0.4 is 10.2 Å². The monoisotopic (exact) mass is 366 g/mol. The Morgan fingerprint density at radius 1 is 1.25 bits per heavy atom. The molecule has 2 aromatic rings. The van der Waals surface area contributed by atoms with Gasteiger partial charge in [0.25, 0.3) is 5.91 Å². The van der Waals surface area contributed by atoms with Gasteiger partial charge in [-0.3, -0.25) is 4.79 Å². The van der Waals surface area contributed by atoms with Gasteiger partial charge >= 0.3 is 0 Å². The molecule has 0 saturated carbocycles. The fraction of sp³-hybridized carbons (Fsp3) is 0.176. The average molecular weight is 367 g/mol. The number of hydrogen-bond acceptors (Lipinski definition) is 4. The van der Waals surface area contributed by atoms with Gasteiger partial charge in [-0.25, -0.2) is 5.43 Å². The third-order valence-electron chi connectivity index (χ3n) is 3.30. The van der Waals surface area contributed by atoms with E-state index >= 15 is 0 Å². The molecule has 2 aromatic carbocycles. The van der Waals surface area contributed by atoms with Gasteiger partial charge in [0.05, 0.1) is 11.2 Å². The summed E-state index contributed by atoms with van der Waals surface area (Å²) in [5, 5.41) is 14.0. The van der Waals surface area contributed by atoms with Crippen LogP contribution in [0.4, 0.5) is 0 Å². The third-order valence-corrected chi connectivity index (χ3v) is 3.81. The Kier molecular flexibility index (Phi) is 6.06. The molecule has 0 fully saturated rings. The molecule has 0 radical (unpaired) electrons. The zero-order chi connectivity index (χ0) is 17.7. The average Bonchev–Trinajstić information content (AvgIpc) is 2.53. The van der Waals surface area contributed by atoms with Crippen molar-refractivity contribution >= 4 is 35.3 Å². The Morgan fingerprint density at radius 2 is 2.00 bits per heavy atom. The normalized spacial score (nSPS) is 10.8. The Bertz CT molecular complexity index is 792. The van der Waals surface area contributed by atoms with Crippen molar-refractivity contribution in [3.05, 3.63) is 57.1 Å². The van der Waals surface area contributed by atoms with Crippen LogP contribution in [0.25, 0.3) is 0 Å². The molecule has 24 heavy (non-hydrogen) atoms. The molecule has 2 N–H and O–H groups in total. The number of rotatable bonds is 5. The highest BCUT2D eigenvalue weighted by atomic mass is 35.5. The third kappa shape index (κ3) is 4.88. The van der Waals surface area contributed by atoms with Crippen LogP contribution in [0.1, 0.15) is 16.7 Å². The van der Waals surface area contributed by atoms with Crippen LogP contribution in [-0.2, 0) is 4.79 Å². The van der Waals surface area contributed by atoms with Crippen LogP contribution in [0, 0.1) is 13.8 Å². The molecule has 0 aliphatic carbocycles. The van der Waals surface area contributed by atoms with E-state index in [2.05, 4.69) is 10.5 Å². The number of nitrogens with zero attached hydrogens (tertiary/aromatic N) is 1. The molecule has 0 saturated heterocycles. The number of hydrazone groups is 1. The van der Waals surface area contributed by atoms with Gasteiger partial charge in [0.2, 0.25) is 0 Å². The lowest BCUT2D eigenvalue weighted by atomic mass is 10.1. The number of aryl methyl sites for hydroxylation is 2. The van der Waals surface area contributed by atoms with Gasteiger partial charge < -0.3 is 9.84 Å². The highest BCUT2D eigenvalue weighted by Crippen LogP contribution is 2.29. The Morgan fingerprint density at radius 3 is 2.71 bits per heavy atom. The van der Waals surface area contributed by atoms with Gasteiger partial charge in [-0.05, 0) is 49.2 Å². The first-order valence-electron chi connectivity index (χ1n) is 7.07. The van der Waals surface area contributed by atoms with Crippen LogP contribution in [-0.4, -0.2) is 23.8 Å². The van der Waals surface area contributed by atoms with Gasteiger partial charge in [-0.15, -0.1) is 0 Å². The van der Waals surface area contributed by atoms with Crippen molar-refractivity contribution in [1.82, 2.24) is 5.43 Å².